The Kier molecular flexibility index (Phi) is 7.43. The molecule has 1 aliphatic heterocycles. The zero-order valence-electron chi connectivity index (χ0n) is 21.9. The number of halogens is 5. The Morgan fingerprint density at radius 2 is 1.90 bits per heavy atom. The number of anilines is 5. The highest BCUT2D eigenvalue weighted by Crippen LogP contribution is 2.37. The normalized spacial score (nSPS) is 15.3. The fourth-order valence-corrected chi connectivity index (χ4v) is 4.63. The number of hydrogen-bond donors (Lipinski definition) is 4. The number of nitrogens with one attached hydrogen (secondary N) is 4. The first-order valence-corrected chi connectivity index (χ1v) is 12.6. The number of piperazine rings is 1. The maximum Gasteiger partial charge on any atom is 0.421 e. The average molecular weight is 576 g/mol. The second-order valence-electron chi connectivity index (χ2n) is 10.1. The van der Waals surface area contributed by atoms with Gasteiger partial charge in [-0.25, -0.2) is 4.98 Å². The Hall–Kier alpha value is -4.46. The molecule has 0 atom stereocenters. The minimum atomic E-state index is -4.81. The summed E-state index contributed by atoms with van der Waals surface area (Å²) in [4.78, 5) is 24.4. The van der Waals surface area contributed by atoms with Gasteiger partial charge in [0.2, 0.25) is 5.95 Å². The Morgan fingerprint density at radius 3 is 2.63 bits per heavy atom. The molecule has 14 heteroatoms. The number of nitrogens with zero attached hydrogens (tertiary/aromatic N) is 3. The minimum Gasteiger partial charge on any atom is -0.433 e. The third-order valence-corrected chi connectivity index (χ3v) is 6.50. The van der Waals surface area contributed by atoms with Crippen LogP contribution in [0.2, 0.25) is 0 Å². The van der Waals surface area contributed by atoms with Crippen molar-refractivity contribution >= 4 is 39.6 Å². The second kappa shape index (κ2) is 10.8. The largest absolute Gasteiger partial charge is 0.433 e. The summed E-state index contributed by atoms with van der Waals surface area (Å²) in [5.74, 6) is -1.12. The Bertz CT molecular complexity index is 1620. The van der Waals surface area contributed by atoms with Gasteiger partial charge >= 0.3 is 12.8 Å². The van der Waals surface area contributed by atoms with Crippen molar-refractivity contribution < 1.29 is 26.7 Å². The third kappa shape index (κ3) is 6.48. The van der Waals surface area contributed by atoms with Crippen LogP contribution in [0.5, 0.6) is 5.75 Å². The molecule has 0 bridgehead atoms. The molecule has 2 aromatic carbocycles. The van der Waals surface area contributed by atoms with E-state index in [2.05, 4.69) is 30.9 Å². The van der Waals surface area contributed by atoms with Gasteiger partial charge in [-0.05, 0) is 49.6 Å². The molecule has 4 aromatic rings. The molecule has 41 heavy (non-hydrogen) atoms. The van der Waals surface area contributed by atoms with Crippen LogP contribution < -0.4 is 31.1 Å². The average Bonchev–Trinajstić information content (AvgIpc) is 2.89. The van der Waals surface area contributed by atoms with E-state index in [-0.39, 0.29) is 34.0 Å². The molecule has 3 heterocycles. The van der Waals surface area contributed by atoms with Crippen LogP contribution in [0.25, 0.3) is 10.8 Å². The van der Waals surface area contributed by atoms with E-state index < -0.39 is 29.7 Å². The van der Waals surface area contributed by atoms with Crippen molar-refractivity contribution in [3.05, 3.63) is 70.8 Å². The number of fused-ring (bicyclic) bond motifs is 1. The van der Waals surface area contributed by atoms with Gasteiger partial charge < -0.3 is 30.6 Å². The molecule has 2 aromatic heterocycles. The van der Waals surface area contributed by atoms with Crippen molar-refractivity contribution in [2.75, 3.05) is 35.2 Å². The first kappa shape index (κ1) is 28.1. The molecular formula is C27H26F5N7O2. The SMILES string of the molecule is CC1(C)CN(c2ccc(Nc3ncc(C(F)(F)F)c(Nc4ccc5cc[nH]c(=O)c5c4)n3)c(OC(F)F)c2)CCN1. The lowest BCUT2D eigenvalue weighted by atomic mass is 10.0. The highest BCUT2D eigenvalue weighted by molar-refractivity contribution is 5.85. The summed E-state index contributed by atoms with van der Waals surface area (Å²) in [5, 5.41) is 9.53. The number of rotatable bonds is 7. The molecule has 0 amide bonds. The van der Waals surface area contributed by atoms with Gasteiger partial charge in [0, 0.05) is 60.4 Å². The molecule has 1 fully saturated rings. The predicted molar refractivity (Wildman–Crippen MR) is 146 cm³/mol. The molecule has 0 aliphatic carbocycles. The first-order valence-electron chi connectivity index (χ1n) is 12.6. The summed E-state index contributed by atoms with van der Waals surface area (Å²) in [6.07, 6.45) is -2.76. The highest BCUT2D eigenvalue weighted by atomic mass is 19.4. The number of ether oxygens (including phenoxy) is 1. The van der Waals surface area contributed by atoms with Crippen molar-refractivity contribution in [1.82, 2.24) is 20.3 Å². The minimum absolute atomic E-state index is 0.0337. The lowest BCUT2D eigenvalue weighted by molar-refractivity contribution is -0.137. The van der Waals surface area contributed by atoms with Gasteiger partial charge in [-0.1, -0.05) is 6.07 Å². The molecule has 9 nitrogen and oxygen atoms in total. The van der Waals surface area contributed by atoms with Crippen LogP contribution in [-0.2, 0) is 6.18 Å². The molecule has 5 rings (SSSR count). The van der Waals surface area contributed by atoms with Gasteiger partial charge in [0.1, 0.15) is 11.4 Å². The Morgan fingerprint density at radius 1 is 1.10 bits per heavy atom. The number of aromatic amines is 1. The smallest absolute Gasteiger partial charge is 0.421 e. The molecule has 4 N–H and O–H groups in total. The van der Waals surface area contributed by atoms with Crippen molar-refractivity contribution in [2.24, 2.45) is 0 Å². The molecule has 1 saturated heterocycles. The molecule has 0 unspecified atom stereocenters. The number of hydrogen-bond acceptors (Lipinski definition) is 8. The topological polar surface area (TPSA) is 107 Å². The molecule has 216 valence electrons. The van der Waals surface area contributed by atoms with Gasteiger partial charge in [-0.15, -0.1) is 0 Å². The lowest BCUT2D eigenvalue weighted by Crippen LogP contribution is -2.57. The summed E-state index contributed by atoms with van der Waals surface area (Å²) in [5.41, 5.74) is -0.921. The van der Waals surface area contributed by atoms with Gasteiger partial charge in [-0.2, -0.15) is 26.9 Å². The molecule has 1 aliphatic rings. The number of pyridine rings is 1. The van der Waals surface area contributed by atoms with Gasteiger partial charge in [-0.3, -0.25) is 4.79 Å². The van der Waals surface area contributed by atoms with Crippen LogP contribution >= 0.6 is 0 Å². The Labute approximate surface area is 230 Å². The van der Waals surface area contributed by atoms with Crippen molar-refractivity contribution in [3.8, 4) is 5.75 Å². The lowest BCUT2D eigenvalue weighted by Gasteiger charge is -2.40. The van der Waals surface area contributed by atoms with E-state index in [4.69, 9.17) is 4.74 Å². The summed E-state index contributed by atoms with van der Waals surface area (Å²) < 4.78 is 72.7. The second-order valence-corrected chi connectivity index (χ2v) is 10.1. The van der Waals surface area contributed by atoms with Crippen molar-refractivity contribution in [1.29, 1.82) is 0 Å². The molecule has 0 spiro atoms. The monoisotopic (exact) mass is 575 g/mol. The summed E-state index contributed by atoms with van der Waals surface area (Å²) in [7, 11) is 0. The van der Waals surface area contributed by atoms with E-state index in [0.717, 1.165) is 0 Å². The van der Waals surface area contributed by atoms with E-state index in [0.29, 0.717) is 36.9 Å². The number of aromatic nitrogens is 3. The van der Waals surface area contributed by atoms with Gasteiger partial charge in [0.25, 0.3) is 5.56 Å². The number of benzene rings is 2. The molecular weight excluding hydrogens is 549 g/mol. The van der Waals surface area contributed by atoms with Gasteiger partial charge in [0.05, 0.1) is 5.69 Å². The maximum atomic E-state index is 13.8. The summed E-state index contributed by atoms with van der Waals surface area (Å²) >= 11 is 0. The fourth-order valence-electron chi connectivity index (χ4n) is 4.63. The summed E-state index contributed by atoms with van der Waals surface area (Å²) in [6, 6.07) is 10.7. The molecule has 0 saturated carbocycles. The van der Waals surface area contributed by atoms with Crippen molar-refractivity contribution in [3.63, 3.8) is 0 Å². The van der Waals surface area contributed by atoms with Crippen LogP contribution in [0.15, 0.2) is 59.7 Å². The van der Waals surface area contributed by atoms with Crippen LogP contribution in [0.4, 0.5) is 50.8 Å². The van der Waals surface area contributed by atoms with E-state index >= 15 is 0 Å². The van der Waals surface area contributed by atoms with Crippen molar-refractivity contribution in [2.45, 2.75) is 32.2 Å². The van der Waals surface area contributed by atoms with Crippen LogP contribution in [0.3, 0.4) is 0 Å². The third-order valence-electron chi connectivity index (χ3n) is 6.50. The molecule has 0 radical (unpaired) electrons. The van der Waals surface area contributed by atoms with E-state index in [1.165, 1.54) is 30.5 Å². The first-order chi connectivity index (χ1) is 19.4. The summed E-state index contributed by atoms with van der Waals surface area (Å²) in [6.45, 7) is 2.85. The highest BCUT2D eigenvalue weighted by Gasteiger charge is 2.35. The van der Waals surface area contributed by atoms with Gasteiger partial charge in [0.15, 0.2) is 5.75 Å². The fraction of sp³-hybridized carbons (Fsp3) is 0.296. The van der Waals surface area contributed by atoms with Crippen LogP contribution in [0, 0.1) is 0 Å². The van der Waals surface area contributed by atoms with Crippen LogP contribution in [0.1, 0.15) is 19.4 Å². The van der Waals surface area contributed by atoms with E-state index in [9.17, 15) is 26.7 Å². The standard InChI is InChI=1S/C27H26F5N7O2/c1-26(2)14-39(10-9-35-26)17-5-6-20(21(12-17)41-24(28)29)37-25-34-13-19(27(30,31)32)22(38-25)36-16-4-3-15-7-8-33-23(40)18(15)11-16/h3-8,11-13,24,35H,9-10,14H2,1-2H3,(H,33,40)(H2,34,36,37,38). The maximum absolute atomic E-state index is 13.8. The Balaban J connectivity index is 1.47. The zero-order chi connectivity index (χ0) is 29.4. The zero-order valence-corrected chi connectivity index (χ0v) is 21.9. The van der Waals surface area contributed by atoms with E-state index in [1.807, 2.05) is 18.7 Å². The predicted octanol–water partition coefficient (Wildman–Crippen LogP) is 5.61. The number of alkyl halides is 5. The van der Waals surface area contributed by atoms with Crippen LogP contribution in [-0.4, -0.2) is 46.7 Å². The van der Waals surface area contributed by atoms with E-state index in [1.54, 1.807) is 18.2 Å². The quantitative estimate of drug-likeness (QED) is 0.211. The number of H-pyrrole nitrogens is 1.